The average Bonchev–Trinajstić information content (AvgIpc) is 2.27. The quantitative estimate of drug-likeness (QED) is 0.906. The molecule has 0 aliphatic rings. The molecule has 0 spiro atoms. The minimum absolute atomic E-state index is 0.0252. The van der Waals surface area contributed by atoms with E-state index in [1.165, 1.54) is 16.7 Å². The van der Waals surface area contributed by atoms with Gasteiger partial charge in [-0.15, -0.1) is 0 Å². The Labute approximate surface area is 109 Å². The van der Waals surface area contributed by atoms with Gasteiger partial charge in [-0.3, -0.25) is 4.79 Å². The summed E-state index contributed by atoms with van der Waals surface area (Å²) >= 11 is 0. The number of hydrogen-bond acceptors (Lipinski definition) is 2. The monoisotopic (exact) mass is 263 g/mol. The number of carbonyl (C=O) groups is 1. The second kappa shape index (κ2) is 4.50. The largest absolute Gasteiger partial charge is 0.478 e. The van der Waals surface area contributed by atoms with Crippen LogP contribution in [0, 0.1) is 12.7 Å². The zero-order valence-corrected chi connectivity index (χ0v) is 10.9. The van der Waals surface area contributed by atoms with Crippen molar-refractivity contribution in [2.24, 2.45) is 0 Å². The van der Waals surface area contributed by atoms with Crippen LogP contribution in [0.4, 0.5) is 4.39 Å². The maximum absolute atomic E-state index is 13.9. The van der Waals surface area contributed by atoms with E-state index in [0.29, 0.717) is 5.69 Å². The van der Waals surface area contributed by atoms with Crippen molar-refractivity contribution >= 4 is 16.7 Å². The first kappa shape index (κ1) is 13.3. The van der Waals surface area contributed by atoms with E-state index in [2.05, 4.69) is 0 Å². The van der Waals surface area contributed by atoms with Crippen molar-refractivity contribution in [3.05, 3.63) is 45.6 Å². The Kier molecular flexibility index (Phi) is 3.14. The molecule has 0 radical (unpaired) electrons. The highest BCUT2D eigenvalue weighted by Gasteiger charge is 2.21. The van der Waals surface area contributed by atoms with Gasteiger partial charge in [0.2, 0.25) is 0 Å². The molecule has 0 aliphatic carbocycles. The fourth-order valence-corrected chi connectivity index (χ4v) is 2.43. The third kappa shape index (κ3) is 1.91. The van der Waals surface area contributed by atoms with E-state index >= 15 is 0 Å². The van der Waals surface area contributed by atoms with Gasteiger partial charge in [0.25, 0.3) is 5.56 Å². The highest BCUT2D eigenvalue weighted by Crippen LogP contribution is 2.23. The summed E-state index contributed by atoms with van der Waals surface area (Å²) in [5.74, 6) is -1.86. The van der Waals surface area contributed by atoms with Crippen molar-refractivity contribution in [3.8, 4) is 0 Å². The van der Waals surface area contributed by atoms with Crippen LogP contribution < -0.4 is 5.56 Å². The summed E-state index contributed by atoms with van der Waals surface area (Å²) in [5, 5.41) is 9.29. The molecule has 19 heavy (non-hydrogen) atoms. The van der Waals surface area contributed by atoms with Crippen molar-refractivity contribution in [1.29, 1.82) is 0 Å². The molecule has 1 N–H and O–H groups in total. The van der Waals surface area contributed by atoms with Crippen molar-refractivity contribution < 1.29 is 14.3 Å². The van der Waals surface area contributed by atoms with Gasteiger partial charge in [0.1, 0.15) is 5.82 Å². The highest BCUT2D eigenvalue weighted by atomic mass is 19.1. The summed E-state index contributed by atoms with van der Waals surface area (Å²) in [5.41, 5.74) is -0.181. The van der Waals surface area contributed by atoms with Gasteiger partial charge < -0.3 is 9.67 Å². The molecule has 0 fully saturated rings. The number of hydrogen-bond donors (Lipinski definition) is 1. The highest BCUT2D eigenvalue weighted by molar-refractivity contribution is 6.04. The minimum atomic E-state index is -1.16. The van der Waals surface area contributed by atoms with Gasteiger partial charge in [-0.1, -0.05) is 12.1 Å². The molecule has 0 aliphatic heterocycles. The van der Waals surface area contributed by atoms with Crippen LogP contribution in [0.5, 0.6) is 0 Å². The molecular weight excluding hydrogens is 249 g/mol. The maximum Gasteiger partial charge on any atom is 0.338 e. The average molecular weight is 263 g/mol. The molecular formula is C14H14FNO3. The van der Waals surface area contributed by atoms with Gasteiger partial charge in [0.05, 0.1) is 10.9 Å². The Bertz CT molecular complexity index is 732. The molecule has 5 heteroatoms. The summed E-state index contributed by atoms with van der Waals surface area (Å²) in [6, 6.07) is 3.79. The maximum atomic E-state index is 13.9. The Morgan fingerprint density at radius 3 is 2.53 bits per heavy atom. The van der Waals surface area contributed by atoms with Gasteiger partial charge in [0, 0.05) is 17.1 Å². The molecule has 100 valence electrons. The van der Waals surface area contributed by atoms with Crippen LogP contribution >= 0.6 is 0 Å². The van der Waals surface area contributed by atoms with Crippen molar-refractivity contribution in [1.82, 2.24) is 4.57 Å². The van der Waals surface area contributed by atoms with Crippen LogP contribution in [0.15, 0.2) is 23.0 Å². The summed E-state index contributed by atoms with van der Waals surface area (Å²) in [7, 11) is 0. The smallest absolute Gasteiger partial charge is 0.338 e. The van der Waals surface area contributed by atoms with Crippen LogP contribution in [0.25, 0.3) is 10.8 Å². The van der Waals surface area contributed by atoms with E-state index in [1.807, 2.05) is 0 Å². The fraction of sp³-hybridized carbons (Fsp3) is 0.286. The normalized spacial score (nSPS) is 11.2. The minimum Gasteiger partial charge on any atom is -0.478 e. The summed E-state index contributed by atoms with van der Waals surface area (Å²) in [4.78, 5) is 23.7. The number of nitrogens with zero attached hydrogens (tertiary/aromatic N) is 1. The van der Waals surface area contributed by atoms with Gasteiger partial charge in [-0.05, 0) is 26.8 Å². The zero-order valence-electron chi connectivity index (χ0n) is 10.9. The molecule has 1 heterocycles. The molecule has 0 unspecified atom stereocenters. The number of carboxylic acid groups (broad SMARTS) is 1. The summed E-state index contributed by atoms with van der Waals surface area (Å²) < 4.78 is 15.2. The van der Waals surface area contributed by atoms with Crippen LogP contribution in [0.1, 0.15) is 35.9 Å². The number of halogens is 1. The van der Waals surface area contributed by atoms with Gasteiger partial charge in [0.15, 0.2) is 0 Å². The lowest BCUT2D eigenvalue weighted by Crippen LogP contribution is -2.27. The lowest BCUT2D eigenvalue weighted by atomic mass is 10.0. The van der Waals surface area contributed by atoms with Crippen molar-refractivity contribution in [3.63, 3.8) is 0 Å². The second-order valence-corrected chi connectivity index (χ2v) is 4.70. The molecule has 4 nitrogen and oxygen atoms in total. The number of aromatic carboxylic acids is 1. The van der Waals surface area contributed by atoms with E-state index in [9.17, 15) is 19.1 Å². The van der Waals surface area contributed by atoms with Gasteiger partial charge >= 0.3 is 5.97 Å². The summed E-state index contributed by atoms with van der Waals surface area (Å²) in [6.45, 7) is 5.08. The molecule has 0 saturated heterocycles. The first-order valence-electron chi connectivity index (χ1n) is 5.92. The van der Waals surface area contributed by atoms with Crippen LogP contribution in [-0.4, -0.2) is 15.6 Å². The summed E-state index contributed by atoms with van der Waals surface area (Å²) in [6.07, 6.45) is 0. The molecule has 0 saturated carbocycles. The number of fused-ring (bicyclic) bond motifs is 1. The molecule has 2 aromatic rings. The van der Waals surface area contributed by atoms with Crippen LogP contribution in [0.3, 0.4) is 0 Å². The predicted molar refractivity (Wildman–Crippen MR) is 70.2 cm³/mol. The molecule has 0 amide bonds. The number of aromatic nitrogens is 1. The van der Waals surface area contributed by atoms with Crippen LogP contribution in [-0.2, 0) is 0 Å². The van der Waals surface area contributed by atoms with Crippen molar-refractivity contribution in [2.75, 3.05) is 0 Å². The molecule has 2 rings (SSSR count). The Morgan fingerprint density at radius 1 is 1.37 bits per heavy atom. The number of carboxylic acids is 1. The standard InChI is InChI=1S/C14H14FNO3/c1-7(2)16-8(3)11(14(18)19)9-5-4-6-10(15)12(9)13(16)17/h4-7H,1-3H3,(H,18,19). The topological polar surface area (TPSA) is 59.3 Å². The van der Waals surface area contributed by atoms with Crippen molar-refractivity contribution in [2.45, 2.75) is 26.8 Å². The molecule has 0 bridgehead atoms. The third-order valence-corrected chi connectivity index (χ3v) is 3.17. The third-order valence-electron chi connectivity index (χ3n) is 3.17. The van der Waals surface area contributed by atoms with E-state index < -0.39 is 17.3 Å². The van der Waals surface area contributed by atoms with Crippen LogP contribution in [0.2, 0.25) is 0 Å². The Morgan fingerprint density at radius 2 is 2.00 bits per heavy atom. The Hall–Kier alpha value is -2.17. The first-order valence-corrected chi connectivity index (χ1v) is 5.92. The zero-order chi connectivity index (χ0) is 14.3. The predicted octanol–water partition coefficient (Wildman–Crippen LogP) is 2.73. The molecule has 1 aromatic carbocycles. The number of benzene rings is 1. The van der Waals surface area contributed by atoms with Gasteiger partial charge in [-0.25, -0.2) is 9.18 Å². The van der Waals surface area contributed by atoms with E-state index in [4.69, 9.17) is 0 Å². The van der Waals surface area contributed by atoms with E-state index in [-0.39, 0.29) is 22.4 Å². The SMILES string of the molecule is Cc1c(C(=O)O)c2cccc(F)c2c(=O)n1C(C)C. The second-order valence-electron chi connectivity index (χ2n) is 4.70. The lowest BCUT2D eigenvalue weighted by Gasteiger charge is -2.18. The molecule has 1 aromatic heterocycles. The first-order chi connectivity index (χ1) is 8.86. The van der Waals surface area contributed by atoms with Gasteiger partial charge in [-0.2, -0.15) is 0 Å². The Balaban J connectivity index is 3.14. The van der Waals surface area contributed by atoms with E-state index in [1.54, 1.807) is 20.8 Å². The van der Waals surface area contributed by atoms with E-state index in [0.717, 1.165) is 6.07 Å². The fourth-order valence-electron chi connectivity index (χ4n) is 2.43. The lowest BCUT2D eigenvalue weighted by molar-refractivity contribution is 0.0697. The number of pyridine rings is 1. The number of rotatable bonds is 2. The molecule has 0 atom stereocenters.